The van der Waals surface area contributed by atoms with Gasteiger partial charge in [-0.1, -0.05) is 68.4 Å². The van der Waals surface area contributed by atoms with Crippen LogP contribution >= 0.6 is 12.6 Å². The normalized spacial score (nSPS) is 14.8. The van der Waals surface area contributed by atoms with E-state index in [1.807, 2.05) is 0 Å². The fraction of sp³-hybridized carbons (Fsp3) is 0.609. The maximum Gasteiger partial charge on any atom is 0.148 e. The molecular weight excluding hydrogens is 356 g/mol. The predicted molar refractivity (Wildman–Crippen MR) is 119 cm³/mol. The topological polar surface area (TPSA) is 57.5 Å². The highest BCUT2D eigenvalue weighted by molar-refractivity contribution is 7.81. The number of Topliss-reactive ketones (excluding diaryl/α,β-unsaturated/α-hetero) is 1. The van der Waals surface area contributed by atoms with Gasteiger partial charge in [0.25, 0.3) is 0 Å². The van der Waals surface area contributed by atoms with Crippen LogP contribution in [0.4, 0.5) is 0 Å². The Bertz CT molecular complexity index is 466. The van der Waals surface area contributed by atoms with Gasteiger partial charge in [0, 0.05) is 6.42 Å². The number of ketones is 1. The van der Waals surface area contributed by atoms with Crippen molar-refractivity contribution in [2.24, 2.45) is 0 Å². The molecular formula is C23H38O3S. The monoisotopic (exact) mass is 394 g/mol. The molecule has 0 heterocycles. The highest BCUT2D eigenvalue weighted by Gasteiger charge is 2.21. The van der Waals surface area contributed by atoms with E-state index in [0.717, 1.165) is 32.1 Å². The molecule has 0 spiro atoms. The van der Waals surface area contributed by atoms with Crippen molar-refractivity contribution in [2.75, 3.05) is 6.61 Å². The molecule has 27 heavy (non-hydrogen) atoms. The maximum absolute atomic E-state index is 11.7. The summed E-state index contributed by atoms with van der Waals surface area (Å²) >= 11 is 4.04. The number of carbonyl (C=O) groups excluding carboxylic acids is 1. The summed E-state index contributed by atoms with van der Waals surface area (Å²) in [6.07, 6.45) is 26.3. The van der Waals surface area contributed by atoms with E-state index in [1.54, 1.807) is 0 Å². The molecule has 0 aliphatic carbocycles. The van der Waals surface area contributed by atoms with Gasteiger partial charge in [0.05, 0.1) is 18.0 Å². The average Bonchev–Trinajstić information content (AvgIpc) is 2.68. The van der Waals surface area contributed by atoms with Crippen molar-refractivity contribution >= 4 is 18.4 Å². The Morgan fingerprint density at radius 2 is 1.33 bits per heavy atom. The minimum Gasteiger partial charge on any atom is -0.394 e. The van der Waals surface area contributed by atoms with Crippen molar-refractivity contribution in [3.8, 4) is 0 Å². The van der Waals surface area contributed by atoms with Crippen LogP contribution in [0.5, 0.6) is 0 Å². The molecule has 0 amide bonds. The number of rotatable bonds is 17. The van der Waals surface area contributed by atoms with Crippen LogP contribution in [0.1, 0.15) is 71.1 Å². The Hall–Kier alpha value is -1.10. The van der Waals surface area contributed by atoms with Crippen LogP contribution in [-0.2, 0) is 4.79 Å². The smallest absolute Gasteiger partial charge is 0.148 e. The van der Waals surface area contributed by atoms with E-state index in [2.05, 4.69) is 68.2 Å². The van der Waals surface area contributed by atoms with Crippen LogP contribution in [0.3, 0.4) is 0 Å². The van der Waals surface area contributed by atoms with Gasteiger partial charge >= 0.3 is 0 Å². The van der Waals surface area contributed by atoms with Crippen LogP contribution in [-0.4, -0.2) is 34.0 Å². The average molecular weight is 395 g/mol. The van der Waals surface area contributed by atoms with Crippen molar-refractivity contribution < 1.29 is 15.0 Å². The van der Waals surface area contributed by atoms with Crippen molar-refractivity contribution in [1.82, 2.24) is 0 Å². The zero-order valence-electron chi connectivity index (χ0n) is 16.8. The van der Waals surface area contributed by atoms with Gasteiger partial charge in [-0.2, -0.15) is 12.6 Å². The van der Waals surface area contributed by atoms with Crippen LogP contribution < -0.4 is 0 Å². The number of aliphatic hydroxyl groups is 2. The molecule has 0 rings (SSSR count). The molecule has 0 aliphatic rings. The zero-order valence-corrected chi connectivity index (χ0v) is 17.7. The second-order valence-corrected chi connectivity index (χ2v) is 7.20. The molecule has 2 N–H and O–H groups in total. The molecule has 4 heteroatoms. The number of thiol groups is 1. The molecule has 0 aromatic rings. The maximum atomic E-state index is 11.7. The summed E-state index contributed by atoms with van der Waals surface area (Å²) in [7, 11) is 0. The molecule has 0 aromatic carbocycles. The number of hydrogen-bond donors (Lipinski definition) is 3. The number of carbonyl (C=O) groups is 1. The molecule has 0 aliphatic heterocycles. The first kappa shape index (κ1) is 25.9. The van der Waals surface area contributed by atoms with Gasteiger partial charge in [0.2, 0.25) is 0 Å². The molecule has 0 fully saturated rings. The molecule has 0 aromatic heterocycles. The van der Waals surface area contributed by atoms with Crippen molar-refractivity contribution in [3.63, 3.8) is 0 Å². The van der Waals surface area contributed by atoms with Crippen LogP contribution in [0.25, 0.3) is 0 Å². The number of unbranched alkanes of at least 4 members (excludes halogenated alkanes) is 4. The van der Waals surface area contributed by atoms with E-state index < -0.39 is 18.0 Å². The fourth-order valence-electron chi connectivity index (χ4n) is 2.42. The highest BCUT2D eigenvalue weighted by Crippen LogP contribution is 2.09. The van der Waals surface area contributed by atoms with Gasteiger partial charge in [0.1, 0.15) is 5.78 Å². The van der Waals surface area contributed by atoms with Crippen LogP contribution in [0, 0.1) is 0 Å². The molecule has 0 radical (unpaired) electrons. The van der Waals surface area contributed by atoms with Crippen molar-refractivity contribution in [3.05, 3.63) is 48.6 Å². The summed E-state index contributed by atoms with van der Waals surface area (Å²) in [6.45, 7) is 1.79. The Labute approximate surface area is 171 Å². The second-order valence-electron chi connectivity index (χ2n) is 6.64. The Morgan fingerprint density at radius 1 is 0.852 bits per heavy atom. The van der Waals surface area contributed by atoms with Gasteiger partial charge in [0.15, 0.2) is 0 Å². The van der Waals surface area contributed by atoms with Gasteiger partial charge in [-0.3, -0.25) is 4.79 Å². The number of hydrogen-bond acceptors (Lipinski definition) is 4. The van der Waals surface area contributed by atoms with Crippen molar-refractivity contribution in [2.45, 2.75) is 82.5 Å². The summed E-state index contributed by atoms with van der Waals surface area (Å²) in [5.74, 6) is -0.115. The third-order valence-corrected chi connectivity index (χ3v) is 4.77. The lowest BCUT2D eigenvalue weighted by Crippen LogP contribution is -2.31. The first-order valence-corrected chi connectivity index (χ1v) is 10.7. The largest absolute Gasteiger partial charge is 0.394 e. The second kappa shape index (κ2) is 19.7. The summed E-state index contributed by atoms with van der Waals surface area (Å²) in [5, 5.41) is 17.4. The van der Waals surface area contributed by atoms with E-state index in [-0.39, 0.29) is 5.78 Å². The summed E-state index contributed by atoms with van der Waals surface area (Å²) in [6, 6.07) is 0. The molecule has 2 atom stereocenters. The Balaban J connectivity index is 3.60. The van der Waals surface area contributed by atoms with E-state index in [1.165, 1.54) is 25.7 Å². The third kappa shape index (κ3) is 16.8. The lowest BCUT2D eigenvalue weighted by molar-refractivity contribution is -0.120. The number of allylic oxidation sites excluding steroid dienone is 8. The first-order valence-electron chi connectivity index (χ1n) is 10.2. The zero-order chi connectivity index (χ0) is 20.2. The SMILES string of the molecule is CCCCC/C=C\C/C=C\C/C=C\C/C=C\CCCC(=O)[C@@H](S)[C@@H](O)CO. The predicted octanol–water partition coefficient (Wildman–Crippen LogP) is 5.35. The lowest BCUT2D eigenvalue weighted by Gasteiger charge is -2.13. The molecule has 0 bridgehead atoms. The first-order chi connectivity index (χ1) is 13.1. The quantitative estimate of drug-likeness (QED) is 0.177. The summed E-state index contributed by atoms with van der Waals surface area (Å²) in [5.41, 5.74) is 0. The van der Waals surface area contributed by atoms with Gasteiger partial charge in [-0.05, 0) is 44.9 Å². The lowest BCUT2D eigenvalue weighted by atomic mass is 10.1. The highest BCUT2D eigenvalue weighted by atomic mass is 32.1. The molecule has 3 nitrogen and oxygen atoms in total. The molecule has 0 saturated carbocycles. The van der Waals surface area contributed by atoms with E-state index in [9.17, 15) is 9.90 Å². The molecule has 0 saturated heterocycles. The van der Waals surface area contributed by atoms with E-state index >= 15 is 0 Å². The van der Waals surface area contributed by atoms with Crippen molar-refractivity contribution in [1.29, 1.82) is 0 Å². The third-order valence-electron chi connectivity index (χ3n) is 4.13. The minimum absolute atomic E-state index is 0.115. The van der Waals surface area contributed by atoms with Gasteiger partial charge in [-0.25, -0.2) is 0 Å². The van der Waals surface area contributed by atoms with E-state index in [4.69, 9.17) is 5.11 Å². The van der Waals surface area contributed by atoms with Crippen LogP contribution in [0.2, 0.25) is 0 Å². The van der Waals surface area contributed by atoms with Gasteiger partial charge in [-0.15, -0.1) is 0 Å². The summed E-state index contributed by atoms with van der Waals surface area (Å²) < 4.78 is 0. The Kier molecular flexibility index (Phi) is 18.9. The standard InChI is InChI=1S/C23H38O3S/c1-2-3-4-5-6-7-8-9-10-11-12-13-14-15-16-17-18-19-21(25)23(27)22(26)20-24/h6-7,9-10,12-13,15-16,22-24,26-27H,2-5,8,11,14,17-20H2,1H3/b7-6-,10-9-,13-12-,16-15-/t22-,23+/m0/s1. The Morgan fingerprint density at radius 3 is 1.81 bits per heavy atom. The van der Waals surface area contributed by atoms with Crippen LogP contribution in [0.15, 0.2) is 48.6 Å². The molecule has 0 unspecified atom stereocenters. The van der Waals surface area contributed by atoms with E-state index in [0.29, 0.717) is 6.42 Å². The minimum atomic E-state index is -1.07. The van der Waals surface area contributed by atoms with Gasteiger partial charge < -0.3 is 10.2 Å². The summed E-state index contributed by atoms with van der Waals surface area (Å²) in [4.78, 5) is 11.7. The molecule has 154 valence electrons. The fourth-order valence-corrected chi connectivity index (χ4v) is 2.64. The number of aliphatic hydroxyl groups excluding tert-OH is 2.